The molecule has 0 aliphatic carbocycles. The number of benzene rings is 1. The van der Waals surface area contributed by atoms with E-state index in [1.807, 2.05) is 0 Å². The first-order chi connectivity index (χ1) is 9.49. The lowest BCUT2D eigenvalue weighted by Crippen LogP contribution is -2.36. The summed E-state index contributed by atoms with van der Waals surface area (Å²) in [5.74, 6) is 0.00742. The zero-order chi connectivity index (χ0) is 14.7. The van der Waals surface area contributed by atoms with Gasteiger partial charge in [-0.2, -0.15) is 0 Å². The topological polar surface area (TPSA) is 40.6 Å². The van der Waals surface area contributed by atoms with Crippen LogP contribution in [0.5, 0.6) is 0 Å². The molecular weight excluding hydrogens is 344 g/mol. The molecule has 0 N–H and O–H groups in total. The van der Waals surface area contributed by atoms with Crippen molar-refractivity contribution in [1.82, 2.24) is 9.80 Å². The van der Waals surface area contributed by atoms with Crippen molar-refractivity contribution in [3.63, 3.8) is 0 Å². The summed E-state index contributed by atoms with van der Waals surface area (Å²) in [6.45, 7) is 4.05. The van der Waals surface area contributed by atoms with Gasteiger partial charge in [-0.05, 0) is 40.5 Å². The third kappa shape index (κ3) is 3.52. The van der Waals surface area contributed by atoms with E-state index in [2.05, 4.69) is 15.9 Å². The van der Waals surface area contributed by atoms with Gasteiger partial charge in [0.2, 0.25) is 5.91 Å². The lowest BCUT2D eigenvalue weighted by Gasteiger charge is -2.22. The predicted molar refractivity (Wildman–Crippen MR) is 81.9 cm³/mol. The Labute approximate surface area is 131 Å². The van der Waals surface area contributed by atoms with Gasteiger partial charge in [0.05, 0.1) is 5.56 Å². The molecule has 1 aliphatic heterocycles. The minimum atomic E-state index is -0.0511. The van der Waals surface area contributed by atoms with Gasteiger partial charge in [0, 0.05) is 42.6 Å². The Hall–Kier alpha value is -1.07. The molecular formula is C14H16BrClN2O2. The van der Waals surface area contributed by atoms with Crippen LogP contribution in [0.15, 0.2) is 22.7 Å². The van der Waals surface area contributed by atoms with Crippen LogP contribution in [0, 0.1) is 0 Å². The standard InChI is InChI=1S/C14H16BrClN2O2/c1-10(19)17-5-2-6-18(8-7-17)14(20)12-9-11(16)3-4-13(12)15/h3-4,9H,2,5-8H2,1H3. The highest BCUT2D eigenvalue weighted by molar-refractivity contribution is 9.10. The summed E-state index contributed by atoms with van der Waals surface area (Å²) < 4.78 is 0.736. The third-order valence-electron chi connectivity index (χ3n) is 3.39. The molecule has 6 heteroatoms. The average Bonchev–Trinajstić information content (AvgIpc) is 2.66. The number of halogens is 2. The van der Waals surface area contributed by atoms with Gasteiger partial charge in [-0.15, -0.1) is 0 Å². The van der Waals surface area contributed by atoms with E-state index in [1.54, 1.807) is 34.9 Å². The molecule has 0 aromatic heterocycles. The number of carbonyl (C=O) groups excluding carboxylic acids is 2. The van der Waals surface area contributed by atoms with Crippen LogP contribution < -0.4 is 0 Å². The Bertz CT molecular complexity index is 536. The van der Waals surface area contributed by atoms with Crippen molar-refractivity contribution >= 4 is 39.3 Å². The Balaban J connectivity index is 2.13. The molecule has 0 radical (unpaired) electrons. The van der Waals surface area contributed by atoms with Crippen LogP contribution in [0.25, 0.3) is 0 Å². The molecule has 0 spiro atoms. The second kappa shape index (κ2) is 6.59. The molecule has 0 bridgehead atoms. The molecule has 2 rings (SSSR count). The van der Waals surface area contributed by atoms with Gasteiger partial charge in [0.1, 0.15) is 0 Å². The SMILES string of the molecule is CC(=O)N1CCCN(C(=O)c2cc(Cl)ccc2Br)CC1. The number of amides is 2. The first kappa shape index (κ1) is 15.3. The van der Waals surface area contributed by atoms with Gasteiger partial charge in [-0.1, -0.05) is 11.6 Å². The summed E-state index contributed by atoms with van der Waals surface area (Å²) in [5.41, 5.74) is 0.564. The monoisotopic (exact) mass is 358 g/mol. The Kier molecular flexibility index (Phi) is 5.05. The molecule has 1 aromatic rings. The van der Waals surface area contributed by atoms with E-state index < -0.39 is 0 Å². The van der Waals surface area contributed by atoms with Crippen LogP contribution in [-0.2, 0) is 4.79 Å². The number of carbonyl (C=O) groups is 2. The highest BCUT2D eigenvalue weighted by atomic mass is 79.9. The second-order valence-electron chi connectivity index (χ2n) is 4.78. The zero-order valence-corrected chi connectivity index (χ0v) is 13.6. The fourth-order valence-corrected chi connectivity index (χ4v) is 2.86. The van der Waals surface area contributed by atoms with E-state index in [4.69, 9.17) is 11.6 Å². The van der Waals surface area contributed by atoms with Crippen LogP contribution in [0.1, 0.15) is 23.7 Å². The van der Waals surface area contributed by atoms with Gasteiger partial charge in [0.25, 0.3) is 5.91 Å². The molecule has 0 unspecified atom stereocenters. The first-order valence-electron chi connectivity index (χ1n) is 6.49. The fraction of sp³-hybridized carbons (Fsp3) is 0.429. The molecule has 1 heterocycles. The summed E-state index contributed by atoms with van der Waals surface area (Å²) in [6, 6.07) is 5.18. The maximum Gasteiger partial charge on any atom is 0.255 e. The highest BCUT2D eigenvalue weighted by Gasteiger charge is 2.22. The van der Waals surface area contributed by atoms with Crippen LogP contribution in [-0.4, -0.2) is 47.8 Å². The Morgan fingerprint density at radius 3 is 2.50 bits per heavy atom. The minimum Gasteiger partial charge on any atom is -0.341 e. The fourth-order valence-electron chi connectivity index (χ4n) is 2.27. The molecule has 0 atom stereocenters. The molecule has 2 amide bonds. The molecule has 1 aromatic carbocycles. The lowest BCUT2D eigenvalue weighted by molar-refractivity contribution is -0.128. The average molecular weight is 360 g/mol. The van der Waals surface area contributed by atoms with Crippen LogP contribution in [0.2, 0.25) is 5.02 Å². The molecule has 0 saturated carbocycles. The van der Waals surface area contributed by atoms with Gasteiger partial charge in [0.15, 0.2) is 0 Å². The molecule has 20 heavy (non-hydrogen) atoms. The number of rotatable bonds is 1. The van der Waals surface area contributed by atoms with Crippen molar-refractivity contribution in [1.29, 1.82) is 0 Å². The third-order valence-corrected chi connectivity index (χ3v) is 4.31. The maximum absolute atomic E-state index is 12.5. The summed E-state index contributed by atoms with van der Waals surface area (Å²) in [4.78, 5) is 27.5. The Morgan fingerprint density at radius 2 is 1.80 bits per heavy atom. The van der Waals surface area contributed by atoms with Crippen molar-refractivity contribution < 1.29 is 9.59 Å². The molecule has 108 valence electrons. The van der Waals surface area contributed by atoms with E-state index >= 15 is 0 Å². The van der Waals surface area contributed by atoms with Crippen LogP contribution in [0.3, 0.4) is 0 Å². The summed E-state index contributed by atoms with van der Waals surface area (Å²) in [5, 5.41) is 0.539. The van der Waals surface area contributed by atoms with Crippen LogP contribution >= 0.6 is 27.5 Å². The van der Waals surface area contributed by atoms with Crippen molar-refractivity contribution in [3.05, 3.63) is 33.3 Å². The van der Waals surface area contributed by atoms with E-state index in [1.165, 1.54) is 0 Å². The number of hydrogen-bond donors (Lipinski definition) is 0. The van der Waals surface area contributed by atoms with Gasteiger partial charge >= 0.3 is 0 Å². The van der Waals surface area contributed by atoms with Gasteiger partial charge in [-0.25, -0.2) is 0 Å². The van der Waals surface area contributed by atoms with E-state index in [-0.39, 0.29) is 11.8 Å². The highest BCUT2D eigenvalue weighted by Crippen LogP contribution is 2.23. The van der Waals surface area contributed by atoms with E-state index in [9.17, 15) is 9.59 Å². The molecule has 1 aliphatic rings. The predicted octanol–water partition coefficient (Wildman–Crippen LogP) is 2.80. The van der Waals surface area contributed by atoms with Gasteiger partial charge < -0.3 is 9.80 Å². The van der Waals surface area contributed by atoms with Crippen molar-refractivity contribution in [3.8, 4) is 0 Å². The first-order valence-corrected chi connectivity index (χ1v) is 7.66. The molecule has 1 saturated heterocycles. The Morgan fingerprint density at radius 1 is 1.15 bits per heavy atom. The van der Waals surface area contributed by atoms with Crippen molar-refractivity contribution in [2.24, 2.45) is 0 Å². The summed E-state index contributed by atoms with van der Waals surface area (Å²) >= 11 is 9.33. The second-order valence-corrected chi connectivity index (χ2v) is 6.07. The molecule has 4 nitrogen and oxygen atoms in total. The van der Waals surface area contributed by atoms with Gasteiger partial charge in [-0.3, -0.25) is 9.59 Å². The lowest BCUT2D eigenvalue weighted by atomic mass is 10.2. The quantitative estimate of drug-likeness (QED) is 0.773. The summed E-state index contributed by atoms with van der Waals surface area (Å²) in [7, 11) is 0. The van der Waals surface area contributed by atoms with Crippen molar-refractivity contribution in [2.45, 2.75) is 13.3 Å². The van der Waals surface area contributed by atoms with E-state index in [0.29, 0.717) is 36.8 Å². The normalized spacial score (nSPS) is 15.9. The largest absolute Gasteiger partial charge is 0.341 e. The minimum absolute atomic E-state index is 0.0511. The van der Waals surface area contributed by atoms with E-state index in [0.717, 1.165) is 10.9 Å². The number of hydrogen-bond acceptors (Lipinski definition) is 2. The van der Waals surface area contributed by atoms with Crippen molar-refractivity contribution in [2.75, 3.05) is 26.2 Å². The number of nitrogens with zero attached hydrogens (tertiary/aromatic N) is 2. The summed E-state index contributed by atoms with van der Waals surface area (Å²) in [6.07, 6.45) is 0.795. The smallest absolute Gasteiger partial charge is 0.255 e. The zero-order valence-electron chi connectivity index (χ0n) is 11.2. The maximum atomic E-state index is 12.5. The van der Waals surface area contributed by atoms with Crippen LogP contribution in [0.4, 0.5) is 0 Å². The molecule has 1 fully saturated rings.